The number of benzene rings is 2. The van der Waals surface area contributed by atoms with Crippen LogP contribution in [0.25, 0.3) is 27.7 Å². The van der Waals surface area contributed by atoms with E-state index in [2.05, 4.69) is 63.5 Å². The molecule has 3 aromatic heterocycles. The molecule has 0 spiro atoms. The van der Waals surface area contributed by atoms with Crippen molar-refractivity contribution >= 4 is 16.4 Å². The number of ether oxygens (including phenoxy) is 2. The lowest BCUT2D eigenvalue weighted by Crippen LogP contribution is -2.02. The van der Waals surface area contributed by atoms with Gasteiger partial charge in [-0.15, -0.1) is 0 Å². The molecule has 32 heavy (non-hydrogen) atoms. The Balaban J connectivity index is 1.45. The fourth-order valence-corrected chi connectivity index (χ4v) is 4.58. The van der Waals surface area contributed by atoms with E-state index in [1.54, 1.807) is 19.5 Å². The summed E-state index contributed by atoms with van der Waals surface area (Å²) in [6.45, 7) is 0. The molecule has 5 aromatic rings. The van der Waals surface area contributed by atoms with Gasteiger partial charge in [-0.2, -0.15) is 10.1 Å². The van der Waals surface area contributed by atoms with Gasteiger partial charge in [0.1, 0.15) is 0 Å². The highest BCUT2D eigenvalue weighted by molar-refractivity contribution is 5.87. The van der Waals surface area contributed by atoms with Crippen molar-refractivity contribution in [2.75, 3.05) is 14.2 Å². The molecule has 1 saturated carbocycles. The third kappa shape index (κ3) is 2.97. The van der Waals surface area contributed by atoms with Crippen molar-refractivity contribution in [3.63, 3.8) is 0 Å². The van der Waals surface area contributed by atoms with Gasteiger partial charge in [0.2, 0.25) is 5.88 Å². The topological polar surface area (TPSA) is 74.4 Å². The molecule has 158 valence electrons. The second kappa shape index (κ2) is 7.30. The SMILES string of the molecule is COc1ncc(-c2cc([C@H]3C[C@@H]3c3cccc4ccccc34)c3nccn3n2)c(OC)n1. The number of imidazole rings is 1. The van der Waals surface area contributed by atoms with Crippen molar-refractivity contribution in [3.8, 4) is 23.1 Å². The van der Waals surface area contributed by atoms with Gasteiger partial charge in [-0.25, -0.2) is 14.5 Å². The summed E-state index contributed by atoms with van der Waals surface area (Å²) in [7, 11) is 3.11. The van der Waals surface area contributed by atoms with Gasteiger partial charge < -0.3 is 9.47 Å². The van der Waals surface area contributed by atoms with Crippen LogP contribution in [0.1, 0.15) is 29.4 Å². The Hall–Kier alpha value is -4.00. The number of rotatable bonds is 5. The van der Waals surface area contributed by atoms with Gasteiger partial charge >= 0.3 is 6.01 Å². The molecule has 0 amide bonds. The second-order valence-electron chi connectivity index (χ2n) is 7.98. The standard InChI is InChI=1S/C25H21N5O2/c1-31-24-21(14-27-25(28-24)32-2)22-13-20(23-26-10-11-30(23)29-22)19-12-18(19)17-9-5-7-15-6-3-4-8-16(15)17/h3-11,13-14,18-19H,12H2,1-2H3/t18-,19+/m1/s1. The molecule has 0 unspecified atom stereocenters. The van der Waals surface area contributed by atoms with Crippen LogP contribution in [-0.4, -0.2) is 38.8 Å². The molecule has 7 nitrogen and oxygen atoms in total. The van der Waals surface area contributed by atoms with E-state index >= 15 is 0 Å². The predicted octanol–water partition coefficient (Wildman–Crippen LogP) is 4.63. The van der Waals surface area contributed by atoms with Crippen LogP contribution in [0.4, 0.5) is 0 Å². The van der Waals surface area contributed by atoms with Crippen LogP contribution in [0.5, 0.6) is 11.9 Å². The number of hydrogen-bond acceptors (Lipinski definition) is 6. The van der Waals surface area contributed by atoms with Gasteiger partial charge in [0, 0.05) is 24.2 Å². The lowest BCUT2D eigenvalue weighted by molar-refractivity contribution is 0.353. The van der Waals surface area contributed by atoms with Crippen LogP contribution in [0.2, 0.25) is 0 Å². The van der Waals surface area contributed by atoms with Gasteiger partial charge in [-0.1, -0.05) is 42.5 Å². The predicted molar refractivity (Wildman–Crippen MR) is 121 cm³/mol. The number of nitrogens with zero attached hydrogens (tertiary/aromatic N) is 5. The third-order valence-corrected chi connectivity index (χ3v) is 6.18. The summed E-state index contributed by atoms with van der Waals surface area (Å²) in [4.78, 5) is 13.2. The Morgan fingerprint density at radius 1 is 0.938 bits per heavy atom. The Kier molecular flexibility index (Phi) is 4.28. The molecule has 0 saturated heterocycles. The first-order chi connectivity index (χ1) is 15.8. The average molecular weight is 423 g/mol. The molecule has 0 N–H and O–H groups in total. The van der Waals surface area contributed by atoms with Crippen LogP contribution in [0.15, 0.2) is 67.1 Å². The second-order valence-corrected chi connectivity index (χ2v) is 7.98. The molecule has 3 heterocycles. The first-order valence-electron chi connectivity index (χ1n) is 10.5. The Morgan fingerprint density at radius 2 is 1.78 bits per heavy atom. The van der Waals surface area contributed by atoms with Crippen LogP contribution in [0.3, 0.4) is 0 Å². The van der Waals surface area contributed by atoms with E-state index in [0.29, 0.717) is 23.3 Å². The monoisotopic (exact) mass is 423 g/mol. The first-order valence-corrected chi connectivity index (χ1v) is 10.5. The molecular weight excluding hydrogens is 402 g/mol. The van der Waals surface area contributed by atoms with Crippen LogP contribution in [0, 0.1) is 0 Å². The van der Waals surface area contributed by atoms with Gasteiger partial charge in [0.05, 0.1) is 25.5 Å². The lowest BCUT2D eigenvalue weighted by Gasteiger charge is -2.11. The summed E-state index contributed by atoms with van der Waals surface area (Å²) < 4.78 is 12.5. The molecule has 1 aliphatic rings. The highest BCUT2D eigenvalue weighted by Crippen LogP contribution is 2.57. The third-order valence-electron chi connectivity index (χ3n) is 6.18. The Morgan fingerprint density at radius 3 is 2.66 bits per heavy atom. The van der Waals surface area contributed by atoms with Crippen LogP contribution >= 0.6 is 0 Å². The van der Waals surface area contributed by atoms with E-state index in [0.717, 1.165) is 17.8 Å². The maximum absolute atomic E-state index is 5.49. The zero-order valence-electron chi connectivity index (χ0n) is 17.8. The number of hydrogen-bond donors (Lipinski definition) is 0. The van der Waals surface area contributed by atoms with Crippen molar-refractivity contribution in [1.82, 2.24) is 24.6 Å². The largest absolute Gasteiger partial charge is 0.480 e. The molecule has 0 radical (unpaired) electrons. The highest BCUT2D eigenvalue weighted by atomic mass is 16.5. The van der Waals surface area contributed by atoms with E-state index in [1.165, 1.54) is 29.0 Å². The molecule has 1 aliphatic carbocycles. The summed E-state index contributed by atoms with van der Waals surface area (Å²) >= 11 is 0. The summed E-state index contributed by atoms with van der Waals surface area (Å²) in [5.41, 5.74) is 4.91. The minimum absolute atomic E-state index is 0.257. The van der Waals surface area contributed by atoms with Crippen molar-refractivity contribution in [2.24, 2.45) is 0 Å². The molecule has 2 atom stereocenters. The Bertz CT molecular complexity index is 1460. The normalized spacial score (nSPS) is 17.6. The number of fused-ring (bicyclic) bond motifs is 2. The van der Waals surface area contributed by atoms with Gasteiger partial charge in [0.25, 0.3) is 0 Å². The first kappa shape index (κ1) is 18.7. The van der Waals surface area contributed by atoms with Crippen molar-refractivity contribution in [1.29, 1.82) is 0 Å². The number of aromatic nitrogens is 5. The molecule has 2 aromatic carbocycles. The molecule has 0 aliphatic heterocycles. The minimum Gasteiger partial charge on any atom is -0.480 e. The van der Waals surface area contributed by atoms with E-state index in [-0.39, 0.29) is 6.01 Å². The molecule has 0 bridgehead atoms. The minimum atomic E-state index is 0.257. The van der Waals surface area contributed by atoms with E-state index in [9.17, 15) is 0 Å². The van der Waals surface area contributed by atoms with Crippen LogP contribution in [-0.2, 0) is 0 Å². The van der Waals surface area contributed by atoms with E-state index < -0.39 is 0 Å². The summed E-state index contributed by atoms with van der Waals surface area (Å²) in [5.74, 6) is 1.25. The summed E-state index contributed by atoms with van der Waals surface area (Å²) in [6.07, 6.45) is 6.42. The van der Waals surface area contributed by atoms with Crippen molar-refractivity contribution in [2.45, 2.75) is 18.3 Å². The van der Waals surface area contributed by atoms with Crippen molar-refractivity contribution in [3.05, 3.63) is 78.2 Å². The molecular formula is C25H21N5O2. The highest BCUT2D eigenvalue weighted by Gasteiger charge is 2.42. The fraction of sp³-hybridized carbons (Fsp3) is 0.200. The molecule has 6 rings (SSSR count). The van der Waals surface area contributed by atoms with Gasteiger partial charge in [0.15, 0.2) is 5.65 Å². The maximum Gasteiger partial charge on any atom is 0.319 e. The van der Waals surface area contributed by atoms with E-state index in [1.807, 2.05) is 10.7 Å². The van der Waals surface area contributed by atoms with Gasteiger partial charge in [-0.3, -0.25) is 0 Å². The quantitative estimate of drug-likeness (QED) is 0.410. The van der Waals surface area contributed by atoms with E-state index in [4.69, 9.17) is 14.6 Å². The smallest absolute Gasteiger partial charge is 0.319 e. The summed E-state index contributed by atoms with van der Waals surface area (Å²) in [5, 5.41) is 7.34. The van der Waals surface area contributed by atoms with Gasteiger partial charge in [-0.05, 0) is 40.7 Å². The zero-order valence-corrected chi connectivity index (χ0v) is 17.8. The lowest BCUT2D eigenvalue weighted by atomic mass is 9.98. The Labute approximate surface area is 184 Å². The van der Waals surface area contributed by atoms with Crippen molar-refractivity contribution < 1.29 is 9.47 Å². The fourth-order valence-electron chi connectivity index (χ4n) is 4.58. The number of methoxy groups -OCH3 is 2. The average Bonchev–Trinajstić information content (AvgIpc) is 3.50. The zero-order chi connectivity index (χ0) is 21.7. The van der Waals surface area contributed by atoms with Crippen LogP contribution < -0.4 is 9.47 Å². The maximum atomic E-state index is 5.49. The molecule has 7 heteroatoms. The summed E-state index contributed by atoms with van der Waals surface area (Å²) in [6, 6.07) is 17.5. The molecule has 1 fully saturated rings.